The van der Waals surface area contributed by atoms with E-state index in [4.69, 9.17) is 16.3 Å². The molecule has 0 bridgehead atoms. The van der Waals surface area contributed by atoms with E-state index in [1.54, 1.807) is 23.9 Å². The molecule has 0 fully saturated rings. The van der Waals surface area contributed by atoms with Crippen molar-refractivity contribution in [3.63, 3.8) is 0 Å². The van der Waals surface area contributed by atoms with Crippen LogP contribution in [0.2, 0.25) is 5.02 Å². The molecule has 132 valence electrons. The molecule has 0 aliphatic rings. The van der Waals surface area contributed by atoms with Crippen molar-refractivity contribution >= 4 is 40.9 Å². The third-order valence-corrected chi connectivity index (χ3v) is 4.77. The normalized spacial score (nSPS) is 10.3. The molecular weight excluding hydrogens is 358 g/mol. The van der Waals surface area contributed by atoms with Gasteiger partial charge < -0.3 is 10.1 Å². The maximum atomic E-state index is 12.1. The largest absolute Gasteiger partial charge is 0.465 e. The summed E-state index contributed by atoms with van der Waals surface area (Å²) in [5, 5.41) is 3.17. The number of thioether (sulfide) groups is 1. The van der Waals surface area contributed by atoms with Crippen molar-refractivity contribution in [3.05, 3.63) is 64.7 Å². The highest BCUT2D eigenvalue weighted by Gasteiger charge is 2.14. The lowest BCUT2D eigenvalue weighted by Crippen LogP contribution is -2.17. The molecule has 0 aromatic heterocycles. The zero-order chi connectivity index (χ0) is 18.1. The summed E-state index contributed by atoms with van der Waals surface area (Å²) in [6, 6.07) is 14.9. The van der Waals surface area contributed by atoms with E-state index in [0.29, 0.717) is 16.5 Å². The van der Waals surface area contributed by atoms with Gasteiger partial charge in [-0.15, -0.1) is 0 Å². The zero-order valence-electron chi connectivity index (χ0n) is 14.0. The van der Waals surface area contributed by atoms with Crippen LogP contribution in [0.25, 0.3) is 0 Å². The number of halogens is 1. The van der Waals surface area contributed by atoms with Crippen LogP contribution >= 0.6 is 23.4 Å². The summed E-state index contributed by atoms with van der Waals surface area (Å²) in [4.78, 5) is 23.8. The molecule has 0 spiro atoms. The molecule has 0 saturated heterocycles. The van der Waals surface area contributed by atoms with Gasteiger partial charge in [-0.05, 0) is 42.4 Å². The predicted molar refractivity (Wildman–Crippen MR) is 104 cm³/mol. The van der Waals surface area contributed by atoms with E-state index in [1.807, 2.05) is 18.2 Å². The molecule has 0 saturated carbocycles. The van der Waals surface area contributed by atoms with Gasteiger partial charge in [0.15, 0.2) is 0 Å². The van der Waals surface area contributed by atoms with Gasteiger partial charge in [-0.25, -0.2) is 4.79 Å². The molecule has 0 unspecified atom stereocenters. The first-order valence-corrected chi connectivity index (χ1v) is 9.43. The summed E-state index contributed by atoms with van der Waals surface area (Å²) >= 11 is 7.51. The van der Waals surface area contributed by atoms with E-state index in [-0.39, 0.29) is 11.5 Å². The first-order valence-electron chi connectivity index (χ1n) is 7.89. The van der Waals surface area contributed by atoms with Crippen LogP contribution in [0.5, 0.6) is 0 Å². The van der Waals surface area contributed by atoms with Gasteiger partial charge in [-0.1, -0.05) is 41.9 Å². The number of nitrogens with one attached hydrogen (secondary N) is 1. The molecule has 2 rings (SSSR count). The maximum Gasteiger partial charge on any atom is 0.339 e. The molecule has 25 heavy (non-hydrogen) atoms. The molecule has 4 nitrogen and oxygen atoms in total. The van der Waals surface area contributed by atoms with Gasteiger partial charge >= 0.3 is 5.97 Å². The van der Waals surface area contributed by atoms with Gasteiger partial charge in [0.1, 0.15) is 0 Å². The number of benzene rings is 2. The van der Waals surface area contributed by atoms with Crippen LogP contribution in [-0.2, 0) is 16.0 Å². The predicted octanol–water partition coefficient (Wildman–Crippen LogP) is 4.43. The van der Waals surface area contributed by atoms with Crippen LogP contribution in [0, 0.1) is 0 Å². The van der Waals surface area contributed by atoms with Gasteiger partial charge in [0, 0.05) is 5.02 Å². The van der Waals surface area contributed by atoms with Crippen LogP contribution in [0.1, 0.15) is 22.3 Å². The van der Waals surface area contributed by atoms with Crippen LogP contribution < -0.4 is 5.32 Å². The number of methoxy groups -OCH3 is 1. The zero-order valence-corrected chi connectivity index (χ0v) is 15.5. The Balaban J connectivity index is 1.78. The number of esters is 1. The van der Waals surface area contributed by atoms with E-state index in [1.165, 1.54) is 18.7 Å². The summed E-state index contributed by atoms with van der Waals surface area (Å²) in [7, 11) is 1.30. The molecular formula is C19H20ClNO3S. The van der Waals surface area contributed by atoms with Crippen molar-refractivity contribution in [2.75, 3.05) is 23.9 Å². The molecule has 0 heterocycles. The summed E-state index contributed by atoms with van der Waals surface area (Å²) < 4.78 is 4.71. The number of anilines is 1. The fourth-order valence-corrected chi connectivity index (χ4v) is 3.20. The number of hydrogen-bond acceptors (Lipinski definition) is 4. The van der Waals surface area contributed by atoms with Crippen molar-refractivity contribution in [1.82, 2.24) is 0 Å². The first kappa shape index (κ1) is 19.3. The Morgan fingerprint density at radius 3 is 2.64 bits per heavy atom. The Hall–Kier alpha value is -1.98. The molecule has 6 heteroatoms. The molecule has 0 aliphatic carbocycles. The number of carbonyl (C=O) groups is 2. The third kappa shape index (κ3) is 6.44. The average molecular weight is 378 g/mol. The number of hydrogen-bond donors (Lipinski definition) is 1. The number of rotatable bonds is 8. The second-order valence-electron chi connectivity index (χ2n) is 5.37. The minimum absolute atomic E-state index is 0.169. The van der Waals surface area contributed by atoms with Gasteiger partial charge in [0.05, 0.1) is 24.1 Å². The van der Waals surface area contributed by atoms with Gasteiger partial charge in [-0.2, -0.15) is 11.8 Å². The Bertz CT molecular complexity index is 722. The monoisotopic (exact) mass is 377 g/mol. The number of aryl methyl sites for hydroxylation is 1. The minimum atomic E-state index is -0.512. The van der Waals surface area contributed by atoms with E-state index in [9.17, 15) is 9.59 Å². The molecule has 1 amide bonds. The second kappa shape index (κ2) is 10.1. The fourth-order valence-electron chi connectivity index (χ4n) is 2.28. The topological polar surface area (TPSA) is 55.4 Å². The lowest BCUT2D eigenvalue weighted by Gasteiger charge is -2.10. The quantitative estimate of drug-likeness (QED) is 0.546. The van der Waals surface area contributed by atoms with Gasteiger partial charge in [0.25, 0.3) is 0 Å². The second-order valence-corrected chi connectivity index (χ2v) is 6.91. The highest BCUT2D eigenvalue weighted by molar-refractivity contribution is 7.99. The van der Waals surface area contributed by atoms with E-state index >= 15 is 0 Å². The SMILES string of the molecule is COC(=O)c1ccc(Cl)cc1NC(=O)CSCCCc1ccccc1. The molecule has 0 aliphatic heterocycles. The first-order chi connectivity index (χ1) is 12.1. The van der Waals surface area contributed by atoms with Gasteiger partial charge in [0.2, 0.25) is 5.91 Å². The highest BCUT2D eigenvalue weighted by atomic mass is 35.5. The summed E-state index contributed by atoms with van der Waals surface area (Å²) in [5.74, 6) is 0.531. The summed E-state index contributed by atoms with van der Waals surface area (Å²) in [6.07, 6.45) is 2.00. The van der Waals surface area contributed by atoms with Crippen molar-refractivity contribution in [1.29, 1.82) is 0 Å². The minimum Gasteiger partial charge on any atom is -0.465 e. The van der Waals surface area contributed by atoms with Crippen molar-refractivity contribution in [3.8, 4) is 0 Å². The Morgan fingerprint density at radius 1 is 1.16 bits per heavy atom. The van der Waals surface area contributed by atoms with Crippen LogP contribution in [0.15, 0.2) is 48.5 Å². The summed E-state index contributed by atoms with van der Waals surface area (Å²) in [5.41, 5.74) is 1.96. The molecule has 2 aromatic carbocycles. The number of amides is 1. The third-order valence-electron chi connectivity index (χ3n) is 3.49. The lowest BCUT2D eigenvalue weighted by molar-refractivity contribution is -0.113. The fraction of sp³-hybridized carbons (Fsp3) is 0.263. The van der Waals surface area contributed by atoms with Gasteiger partial charge in [-0.3, -0.25) is 4.79 Å². The molecule has 0 radical (unpaired) electrons. The van der Waals surface area contributed by atoms with Crippen molar-refractivity contribution in [2.45, 2.75) is 12.8 Å². The molecule has 1 N–H and O–H groups in total. The molecule has 2 aromatic rings. The van der Waals surface area contributed by atoms with Crippen LogP contribution in [-0.4, -0.2) is 30.5 Å². The Morgan fingerprint density at radius 2 is 1.92 bits per heavy atom. The smallest absolute Gasteiger partial charge is 0.339 e. The average Bonchev–Trinajstić information content (AvgIpc) is 2.62. The van der Waals surface area contributed by atoms with Crippen molar-refractivity contribution < 1.29 is 14.3 Å². The Labute approximate surface area is 156 Å². The summed E-state index contributed by atoms with van der Waals surface area (Å²) in [6.45, 7) is 0. The van der Waals surface area contributed by atoms with E-state index in [2.05, 4.69) is 17.4 Å². The highest BCUT2D eigenvalue weighted by Crippen LogP contribution is 2.22. The van der Waals surface area contributed by atoms with E-state index in [0.717, 1.165) is 18.6 Å². The van der Waals surface area contributed by atoms with E-state index < -0.39 is 5.97 Å². The molecule has 0 atom stereocenters. The lowest BCUT2D eigenvalue weighted by atomic mass is 10.1. The number of carbonyl (C=O) groups excluding carboxylic acids is 2. The van der Waals surface area contributed by atoms with Crippen LogP contribution in [0.4, 0.5) is 5.69 Å². The maximum absolute atomic E-state index is 12.1. The van der Waals surface area contributed by atoms with Crippen LogP contribution in [0.3, 0.4) is 0 Å². The van der Waals surface area contributed by atoms with Crippen molar-refractivity contribution in [2.24, 2.45) is 0 Å². The standard InChI is InChI=1S/C19H20ClNO3S/c1-24-19(23)16-10-9-15(20)12-17(16)21-18(22)13-25-11-5-8-14-6-3-2-4-7-14/h2-4,6-7,9-10,12H,5,8,11,13H2,1H3,(H,21,22). The Kier molecular flexibility index (Phi) is 7.82. The number of ether oxygens (including phenoxy) is 1.